The van der Waals surface area contributed by atoms with Gasteiger partial charge in [-0.25, -0.2) is 0 Å². The van der Waals surface area contributed by atoms with E-state index in [9.17, 15) is 4.79 Å². The number of ether oxygens (including phenoxy) is 1. The molecule has 0 heterocycles. The molecule has 0 radical (unpaired) electrons. The maximum absolute atomic E-state index is 11.8. The van der Waals surface area contributed by atoms with Crippen LogP contribution in [0.3, 0.4) is 0 Å². The van der Waals surface area contributed by atoms with Crippen LogP contribution in [0.5, 0.6) is 0 Å². The SMILES string of the molecule is COCC(=O)N(CC(N)=NO)C1CCCC1. The Morgan fingerprint density at radius 3 is 2.69 bits per heavy atom. The summed E-state index contributed by atoms with van der Waals surface area (Å²) in [6.07, 6.45) is 4.21. The molecule has 1 amide bonds. The van der Waals surface area contributed by atoms with Gasteiger partial charge in [0.15, 0.2) is 5.84 Å². The van der Waals surface area contributed by atoms with E-state index in [2.05, 4.69) is 5.16 Å². The molecule has 0 saturated heterocycles. The number of nitrogens with two attached hydrogens (primary N) is 1. The molecule has 0 aromatic heterocycles. The topological polar surface area (TPSA) is 88.2 Å². The summed E-state index contributed by atoms with van der Waals surface area (Å²) in [6, 6.07) is 0.197. The van der Waals surface area contributed by atoms with Crippen molar-refractivity contribution in [1.82, 2.24) is 4.90 Å². The summed E-state index contributed by atoms with van der Waals surface area (Å²) < 4.78 is 4.82. The zero-order valence-electron chi connectivity index (χ0n) is 9.56. The first-order chi connectivity index (χ1) is 7.69. The zero-order chi connectivity index (χ0) is 12.0. The number of hydrogen-bond acceptors (Lipinski definition) is 4. The highest BCUT2D eigenvalue weighted by Gasteiger charge is 2.27. The Morgan fingerprint density at radius 2 is 2.19 bits per heavy atom. The van der Waals surface area contributed by atoms with E-state index in [0.717, 1.165) is 25.7 Å². The van der Waals surface area contributed by atoms with Gasteiger partial charge >= 0.3 is 0 Å². The molecule has 16 heavy (non-hydrogen) atoms. The number of amides is 1. The number of carbonyl (C=O) groups is 1. The van der Waals surface area contributed by atoms with Gasteiger partial charge in [0, 0.05) is 13.2 Å². The van der Waals surface area contributed by atoms with Crippen molar-refractivity contribution in [3.8, 4) is 0 Å². The predicted octanol–water partition coefficient (Wildman–Crippen LogP) is 0.150. The molecule has 1 aliphatic rings. The second-order valence-electron chi connectivity index (χ2n) is 3.98. The maximum atomic E-state index is 11.8. The molecule has 6 nitrogen and oxygen atoms in total. The van der Waals surface area contributed by atoms with E-state index in [0.29, 0.717) is 0 Å². The second-order valence-corrected chi connectivity index (χ2v) is 3.98. The molecule has 1 fully saturated rings. The molecule has 0 aromatic rings. The van der Waals surface area contributed by atoms with E-state index in [-0.39, 0.29) is 30.9 Å². The van der Waals surface area contributed by atoms with Crippen LogP contribution in [-0.2, 0) is 9.53 Å². The molecular weight excluding hydrogens is 210 g/mol. The minimum Gasteiger partial charge on any atom is -0.409 e. The Morgan fingerprint density at radius 1 is 1.56 bits per heavy atom. The minimum absolute atomic E-state index is 0.0369. The lowest BCUT2D eigenvalue weighted by molar-refractivity contribution is -0.136. The van der Waals surface area contributed by atoms with Crippen LogP contribution in [0.25, 0.3) is 0 Å². The molecule has 1 saturated carbocycles. The third-order valence-electron chi connectivity index (χ3n) is 2.81. The summed E-state index contributed by atoms with van der Waals surface area (Å²) in [7, 11) is 1.48. The number of oxime groups is 1. The summed E-state index contributed by atoms with van der Waals surface area (Å²) in [5, 5.41) is 11.4. The Balaban J connectivity index is 2.63. The van der Waals surface area contributed by atoms with Crippen LogP contribution in [0.15, 0.2) is 5.16 Å². The largest absolute Gasteiger partial charge is 0.409 e. The monoisotopic (exact) mass is 229 g/mol. The highest BCUT2D eigenvalue weighted by Crippen LogP contribution is 2.23. The number of hydrogen-bond donors (Lipinski definition) is 2. The van der Waals surface area contributed by atoms with Gasteiger partial charge in [-0.2, -0.15) is 0 Å². The van der Waals surface area contributed by atoms with Crippen LogP contribution >= 0.6 is 0 Å². The molecule has 1 rings (SSSR count). The predicted molar refractivity (Wildman–Crippen MR) is 59.3 cm³/mol. The molecule has 0 spiro atoms. The standard InChI is InChI=1S/C10H19N3O3/c1-16-7-10(14)13(6-9(11)12-15)8-4-2-3-5-8/h8,15H,2-7H2,1H3,(H2,11,12). The summed E-state index contributed by atoms with van der Waals surface area (Å²) in [5.74, 6) is -0.0580. The molecule has 1 aliphatic carbocycles. The quantitative estimate of drug-likeness (QED) is 0.304. The highest BCUT2D eigenvalue weighted by molar-refractivity contribution is 5.87. The van der Waals surface area contributed by atoms with Gasteiger partial charge in [0.05, 0.1) is 6.54 Å². The number of amidine groups is 1. The number of carbonyl (C=O) groups excluding carboxylic acids is 1. The fraction of sp³-hybridized carbons (Fsp3) is 0.800. The van der Waals surface area contributed by atoms with Gasteiger partial charge < -0.3 is 20.6 Å². The van der Waals surface area contributed by atoms with Crippen molar-refractivity contribution in [2.24, 2.45) is 10.9 Å². The minimum atomic E-state index is -0.110. The van der Waals surface area contributed by atoms with Crippen molar-refractivity contribution in [2.75, 3.05) is 20.3 Å². The van der Waals surface area contributed by atoms with Crippen molar-refractivity contribution in [2.45, 2.75) is 31.7 Å². The van der Waals surface area contributed by atoms with Gasteiger partial charge in [-0.3, -0.25) is 4.79 Å². The van der Waals surface area contributed by atoms with Crippen molar-refractivity contribution in [3.05, 3.63) is 0 Å². The lowest BCUT2D eigenvalue weighted by Gasteiger charge is -2.28. The van der Waals surface area contributed by atoms with Gasteiger partial charge in [0.25, 0.3) is 0 Å². The summed E-state index contributed by atoms with van der Waals surface area (Å²) >= 11 is 0. The van der Waals surface area contributed by atoms with Crippen molar-refractivity contribution in [3.63, 3.8) is 0 Å². The normalized spacial score (nSPS) is 17.7. The van der Waals surface area contributed by atoms with Crippen LogP contribution in [0.1, 0.15) is 25.7 Å². The lowest BCUT2D eigenvalue weighted by Crippen LogP contribution is -2.45. The highest BCUT2D eigenvalue weighted by atomic mass is 16.5. The molecule has 6 heteroatoms. The Hall–Kier alpha value is -1.30. The van der Waals surface area contributed by atoms with Gasteiger partial charge in [-0.05, 0) is 12.8 Å². The fourth-order valence-electron chi connectivity index (χ4n) is 2.05. The summed E-state index contributed by atoms with van der Waals surface area (Å²) in [5.41, 5.74) is 5.44. The van der Waals surface area contributed by atoms with Gasteiger partial charge in [0.2, 0.25) is 5.91 Å². The van der Waals surface area contributed by atoms with Crippen LogP contribution in [0.4, 0.5) is 0 Å². The van der Waals surface area contributed by atoms with E-state index in [1.54, 1.807) is 4.90 Å². The molecular formula is C10H19N3O3. The number of nitrogens with zero attached hydrogens (tertiary/aromatic N) is 2. The van der Waals surface area contributed by atoms with Gasteiger partial charge in [-0.1, -0.05) is 18.0 Å². The van der Waals surface area contributed by atoms with Crippen LogP contribution in [0, 0.1) is 0 Å². The molecule has 0 bridgehead atoms. The third kappa shape index (κ3) is 3.37. The second kappa shape index (κ2) is 6.32. The summed E-state index contributed by atoms with van der Waals surface area (Å²) in [4.78, 5) is 13.4. The van der Waals surface area contributed by atoms with E-state index in [1.807, 2.05) is 0 Å². The van der Waals surface area contributed by atoms with Crippen LogP contribution in [-0.4, -0.2) is 48.2 Å². The maximum Gasteiger partial charge on any atom is 0.249 e. The van der Waals surface area contributed by atoms with Crippen molar-refractivity contribution in [1.29, 1.82) is 0 Å². The lowest BCUT2D eigenvalue weighted by atomic mass is 10.2. The Labute approximate surface area is 95.0 Å². The van der Waals surface area contributed by atoms with Crippen LogP contribution in [0.2, 0.25) is 0 Å². The molecule has 3 N–H and O–H groups in total. The van der Waals surface area contributed by atoms with Gasteiger partial charge in [-0.15, -0.1) is 0 Å². The first-order valence-corrected chi connectivity index (χ1v) is 5.43. The van der Waals surface area contributed by atoms with Crippen molar-refractivity contribution >= 4 is 11.7 Å². The first-order valence-electron chi connectivity index (χ1n) is 5.43. The van der Waals surface area contributed by atoms with Crippen LogP contribution < -0.4 is 5.73 Å². The first kappa shape index (κ1) is 12.8. The van der Waals surface area contributed by atoms with E-state index < -0.39 is 0 Å². The molecule has 0 aliphatic heterocycles. The molecule has 92 valence electrons. The van der Waals surface area contributed by atoms with E-state index >= 15 is 0 Å². The van der Waals surface area contributed by atoms with Gasteiger partial charge in [0.1, 0.15) is 6.61 Å². The molecule has 0 atom stereocenters. The number of methoxy groups -OCH3 is 1. The zero-order valence-corrected chi connectivity index (χ0v) is 9.56. The van der Waals surface area contributed by atoms with Crippen molar-refractivity contribution < 1.29 is 14.7 Å². The van der Waals surface area contributed by atoms with E-state index in [1.165, 1.54) is 7.11 Å². The summed E-state index contributed by atoms with van der Waals surface area (Å²) in [6.45, 7) is 0.207. The molecule has 0 unspecified atom stereocenters. The average Bonchev–Trinajstić information content (AvgIpc) is 2.78. The van der Waals surface area contributed by atoms with E-state index in [4.69, 9.17) is 15.7 Å². The average molecular weight is 229 g/mol. The third-order valence-corrected chi connectivity index (χ3v) is 2.81. The molecule has 0 aromatic carbocycles. The Kier molecular flexibility index (Phi) is 5.04. The number of rotatable bonds is 5. The smallest absolute Gasteiger partial charge is 0.249 e. The fourth-order valence-corrected chi connectivity index (χ4v) is 2.05. The Bertz CT molecular complexity index is 262.